The van der Waals surface area contributed by atoms with Crippen LogP contribution in [0.4, 0.5) is 0 Å². The van der Waals surface area contributed by atoms with Gasteiger partial charge in [-0.1, -0.05) is 29.8 Å². The molecule has 2 rings (SSSR count). The quantitative estimate of drug-likeness (QED) is 0.652. The largest absolute Gasteiger partial charge is 0.256 e. The summed E-state index contributed by atoms with van der Waals surface area (Å²) in [6.45, 7) is 4.19. The molecule has 1 nitrogen and oxygen atoms in total. The Morgan fingerprint density at radius 2 is 1.94 bits per heavy atom. The normalized spacial score (nSPS) is 16.3. The summed E-state index contributed by atoms with van der Waals surface area (Å²) in [6.07, 6.45) is 2.13. The molecule has 1 aliphatic rings. The van der Waals surface area contributed by atoms with E-state index >= 15 is 0 Å². The summed E-state index contributed by atoms with van der Waals surface area (Å²) in [5.41, 5.74) is 6.07. The first-order valence-corrected chi connectivity index (χ1v) is 6.14. The van der Waals surface area contributed by atoms with Gasteiger partial charge in [-0.25, -0.2) is 0 Å². The van der Waals surface area contributed by atoms with Gasteiger partial charge in [-0.05, 0) is 37.8 Å². The van der Waals surface area contributed by atoms with Crippen molar-refractivity contribution in [2.75, 3.05) is 5.88 Å². The number of aliphatic imine (C=N–C) groups is 1. The molecule has 0 spiro atoms. The van der Waals surface area contributed by atoms with Gasteiger partial charge >= 0.3 is 0 Å². The zero-order valence-electron chi connectivity index (χ0n) is 9.76. The number of hydrogen-bond donors (Lipinski definition) is 0. The van der Waals surface area contributed by atoms with E-state index in [1.165, 1.54) is 16.7 Å². The smallest absolute Gasteiger partial charge is 0.0646 e. The van der Waals surface area contributed by atoms with E-state index in [4.69, 9.17) is 11.6 Å². The van der Waals surface area contributed by atoms with Crippen molar-refractivity contribution >= 4 is 17.3 Å². The van der Waals surface area contributed by atoms with Crippen LogP contribution in [0.5, 0.6) is 0 Å². The second-order valence-electron chi connectivity index (χ2n) is 4.22. The highest BCUT2D eigenvalue weighted by Crippen LogP contribution is 2.22. The van der Waals surface area contributed by atoms with Crippen molar-refractivity contribution < 1.29 is 0 Å². The highest BCUT2D eigenvalue weighted by molar-refractivity contribution is 6.19. The Balaban J connectivity index is 2.51. The van der Waals surface area contributed by atoms with Crippen LogP contribution in [0.25, 0.3) is 0 Å². The Bertz CT molecular complexity index is 458. The Hall–Kier alpha value is -1.08. The molecule has 0 atom stereocenters. The van der Waals surface area contributed by atoms with Gasteiger partial charge < -0.3 is 0 Å². The van der Waals surface area contributed by atoms with Crippen LogP contribution in [0.2, 0.25) is 0 Å². The molecule has 1 aromatic rings. The number of aryl methyl sites for hydroxylation is 1. The van der Waals surface area contributed by atoms with Crippen molar-refractivity contribution in [2.45, 2.75) is 26.7 Å². The van der Waals surface area contributed by atoms with E-state index in [0.29, 0.717) is 5.88 Å². The van der Waals surface area contributed by atoms with E-state index in [2.05, 4.69) is 43.1 Å². The molecule has 0 saturated carbocycles. The van der Waals surface area contributed by atoms with Gasteiger partial charge in [-0.2, -0.15) is 0 Å². The molecule has 16 heavy (non-hydrogen) atoms. The topological polar surface area (TPSA) is 12.4 Å². The summed E-state index contributed by atoms with van der Waals surface area (Å²) >= 11 is 5.93. The van der Waals surface area contributed by atoms with Crippen LogP contribution in [-0.2, 0) is 6.42 Å². The maximum absolute atomic E-state index is 5.93. The summed E-state index contributed by atoms with van der Waals surface area (Å²) in [5.74, 6) is 0.505. The van der Waals surface area contributed by atoms with Crippen molar-refractivity contribution in [1.29, 1.82) is 0 Å². The van der Waals surface area contributed by atoms with Gasteiger partial charge in [0.1, 0.15) is 0 Å². The molecule has 0 fully saturated rings. The minimum atomic E-state index is 0.505. The molecule has 0 aromatic heterocycles. The SMILES string of the molecule is CC1=NC(CCl)=C(C)CCc2ccccc21. The summed E-state index contributed by atoms with van der Waals surface area (Å²) in [7, 11) is 0. The third-order valence-corrected chi connectivity index (χ3v) is 3.35. The van der Waals surface area contributed by atoms with Crippen LogP contribution in [-0.4, -0.2) is 11.6 Å². The van der Waals surface area contributed by atoms with E-state index in [-0.39, 0.29) is 0 Å². The number of halogens is 1. The van der Waals surface area contributed by atoms with Gasteiger partial charge in [0.05, 0.1) is 11.6 Å². The maximum atomic E-state index is 5.93. The highest BCUT2D eigenvalue weighted by Gasteiger charge is 2.11. The lowest BCUT2D eigenvalue weighted by molar-refractivity contribution is 0.909. The number of rotatable bonds is 1. The molecule has 0 bridgehead atoms. The highest BCUT2D eigenvalue weighted by atomic mass is 35.5. The maximum Gasteiger partial charge on any atom is 0.0646 e. The van der Waals surface area contributed by atoms with Crippen LogP contribution >= 0.6 is 11.6 Å². The van der Waals surface area contributed by atoms with Crippen LogP contribution in [0.15, 0.2) is 40.5 Å². The van der Waals surface area contributed by atoms with Crippen molar-refractivity contribution in [2.24, 2.45) is 4.99 Å². The Kier molecular flexibility index (Phi) is 3.45. The fourth-order valence-electron chi connectivity index (χ4n) is 2.06. The monoisotopic (exact) mass is 233 g/mol. The van der Waals surface area contributed by atoms with Crippen molar-refractivity contribution in [3.63, 3.8) is 0 Å². The van der Waals surface area contributed by atoms with E-state index in [1.807, 2.05) is 0 Å². The average Bonchev–Trinajstić information content (AvgIpc) is 2.31. The Labute approximate surface area is 102 Å². The molecule has 0 unspecified atom stereocenters. The summed E-state index contributed by atoms with van der Waals surface area (Å²) in [4.78, 5) is 4.64. The van der Waals surface area contributed by atoms with Gasteiger partial charge in [0.15, 0.2) is 0 Å². The fraction of sp³-hybridized carbons (Fsp3) is 0.357. The number of fused-ring (bicyclic) bond motifs is 1. The molecule has 1 heterocycles. The molecule has 1 aliphatic heterocycles. The van der Waals surface area contributed by atoms with Crippen molar-refractivity contribution in [1.82, 2.24) is 0 Å². The van der Waals surface area contributed by atoms with E-state index in [9.17, 15) is 0 Å². The Morgan fingerprint density at radius 3 is 2.69 bits per heavy atom. The number of benzene rings is 1. The van der Waals surface area contributed by atoms with Crippen LogP contribution in [0, 0.1) is 0 Å². The molecular formula is C14H16ClN. The van der Waals surface area contributed by atoms with Gasteiger partial charge in [0.2, 0.25) is 0 Å². The molecule has 1 aromatic carbocycles. The van der Waals surface area contributed by atoms with Gasteiger partial charge in [-0.15, -0.1) is 11.6 Å². The third-order valence-electron chi connectivity index (χ3n) is 3.10. The lowest BCUT2D eigenvalue weighted by Crippen LogP contribution is -2.06. The van der Waals surface area contributed by atoms with Gasteiger partial charge in [-0.3, -0.25) is 4.99 Å². The number of alkyl halides is 1. The first-order valence-electron chi connectivity index (χ1n) is 5.60. The van der Waals surface area contributed by atoms with Gasteiger partial charge in [0.25, 0.3) is 0 Å². The third kappa shape index (κ3) is 2.19. The van der Waals surface area contributed by atoms with E-state index in [0.717, 1.165) is 24.3 Å². The molecule has 0 radical (unpaired) electrons. The second-order valence-corrected chi connectivity index (χ2v) is 4.48. The standard InChI is InChI=1S/C14H16ClN/c1-10-7-8-12-5-3-4-6-13(12)11(2)16-14(10)9-15/h3-6H,7-9H2,1-2H3. The minimum Gasteiger partial charge on any atom is -0.256 e. The summed E-state index contributed by atoms with van der Waals surface area (Å²) < 4.78 is 0. The number of nitrogens with zero attached hydrogens (tertiary/aromatic N) is 1. The van der Waals surface area contributed by atoms with E-state index in [1.54, 1.807) is 0 Å². The lowest BCUT2D eigenvalue weighted by Gasteiger charge is -2.15. The minimum absolute atomic E-state index is 0.505. The van der Waals surface area contributed by atoms with Crippen molar-refractivity contribution in [3.05, 3.63) is 46.7 Å². The zero-order chi connectivity index (χ0) is 11.5. The fourth-order valence-corrected chi connectivity index (χ4v) is 2.35. The molecule has 0 amide bonds. The summed E-state index contributed by atoms with van der Waals surface area (Å²) in [5, 5.41) is 0. The molecule has 84 valence electrons. The van der Waals surface area contributed by atoms with Gasteiger partial charge in [0, 0.05) is 5.71 Å². The van der Waals surface area contributed by atoms with Crippen LogP contribution in [0.3, 0.4) is 0 Å². The molecule has 2 heteroatoms. The summed E-state index contributed by atoms with van der Waals surface area (Å²) in [6, 6.07) is 8.49. The number of hydrogen-bond acceptors (Lipinski definition) is 1. The zero-order valence-corrected chi connectivity index (χ0v) is 10.5. The first-order chi connectivity index (χ1) is 7.72. The lowest BCUT2D eigenvalue weighted by atomic mass is 9.96. The van der Waals surface area contributed by atoms with E-state index < -0.39 is 0 Å². The molecule has 0 aliphatic carbocycles. The Morgan fingerprint density at radius 1 is 1.19 bits per heavy atom. The molecular weight excluding hydrogens is 218 g/mol. The number of allylic oxidation sites excluding steroid dienone is 2. The van der Waals surface area contributed by atoms with Crippen LogP contribution in [0.1, 0.15) is 31.4 Å². The predicted octanol–water partition coefficient (Wildman–Crippen LogP) is 3.95. The predicted molar refractivity (Wildman–Crippen MR) is 70.4 cm³/mol. The average molecular weight is 234 g/mol. The molecule has 0 saturated heterocycles. The second kappa shape index (κ2) is 4.84. The van der Waals surface area contributed by atoms with Crippen molar-refractivity contribution in [3.8, 4) is 0 Å². The molecule has 0 N–H and O–H groups in total. The van der Waals surface area contributed by atoms with Crippen LogP contribution < -0.4 is 0 Å². The first kappa shape index (κ1) is 11.4.